The molecule has 0 spiro atoms. The van der Waals surface area contributed by atoms with Gasteiger partial charge in [0.15, 0.2) is 0 Å². The first-order valence-corrected chi connectivity index (χ1v) is 3.53. The van der Waals surface area contributed by atoms with Crippen molar-refractivity contribution in [1.29, 1.82) is 0 Å². The summed E-state index contributed by atoms with van der Waals surface area (Å²) in [6.45, 7) is 4.22. The maximum absolute atomic E-state index is 10.8. The van der Waals surface area contributed by atoms with Gasteiger partial charge < -0.3 is 10.1 Å². The van der Waals surface area contributed by atoms with Crippen molar-refractivity contribution in [2.45, 2.75) is 26.3 Å². The monoisotopic (exact) mass is 145 g/mol. The summed E-state index contributed by atoms with van der Waals surface area (Å²) in [6, 6.07) is 0.207. The summed E-state index contributed by atoms with van der Waals surface area (Å²) >= 11 is 0. The van der Waals surface area contributed by atoms with E-state index in [1.165, 1.54) is 0 Å². The van der Waals surface area contributed by atoms with Crippen LogP contribution in [0.15, 0.2) is 0 Å². The minimum absolute atomic E-state index is 0.135. The normalized spacial score (nSPS) is 12.7. The highest BCUT2D eigenvalue weighted by molar-refractivity contribution is 5.69. The third-order valence-corrected chi connectivity index (χ3v) is 1.27. The van der Waals surface area contributed by atoms with Crippen LogP contribution in [0.25, 0.3) is 0 Å². The summed E-state index contributed by atoms with van der Waals surface area (Å²) in [4.78, 5) is 10.8. The van der Waals surface area contributed by atoms with Gasteiger partial charge in [0.25, 0.3) is 0 Å². The van der Waals surface area contributed by atoms with Crippen LogP contribution in [0.1, 0.15) is 20.3 Å². The molecule has 0 bridgehead atoms. The Balaban J connectivity index is 3.37. The van der Waals surface area contributed by atoms with Gasteiger partial charge in [-0.05, 0) is 20.9 Å². The van der Waals surface area contributed by atoms with Crippen LogP contribution in [0.3, 0.4) is 0 Å². The molecule has 0 radical (unpaired) electrons. The molecule has 10 heavy (non-hydrogen) atoms. The average Bonchev–Trinajstić information content (AvgIpc) is 1.88. The minimum atomic E-state index is -0.135. The Kier molecular flexibility index (Phi) is 4.94. The maximum Gasteiger partial charge on any atom is 0.307 e. The molecule has 0 fully saturated rings. The van der Waals surface area contributed by atoms with Crippen LogP contribution in [0.4, 0.5) is 0 Å². The summed E-state index contributed by atoms with van der Waals surface area (Å²) in [5, 5.41) is 2.95. The number of hydrogen-bond acceptors (Lipinski definition) is 3. The first kappa shape index (κ1) is 9.43. The van der Waals surface area contributed by atoms with Crippen molar-refractivity contribution in [1.82, 2.24) is 5.32 Å². The van der Waals surface area contributed by atoms with E-state index in [4.69, 9.17) is 4.74 Å². The van der Waals surface area contributed by atoms with Crippen molar-refractivity contribution < 1.29 is 9.53 Å². The van der Waals surface area contributed by atoms with E-state index in [1.54, 1.807) is 0 Å². The standard InChI is InChI=1S/C7H15NO2/c1-4-10-7(9)5-6(2)8-3/h6,8H,4-5H2,1-3H3/t6-/m1/s1. The Morgan fingerprint density at radius 3 is 2.70 bits per heavy atom. The average molecular weight is 145 g/mol. The summed E-state index contributed by atoms with van der Waals surface area (Å²) in [6.07, 6.45) is 0.449. The highest BCUT2D eigenvalue weighted by Crippen LogP contribution is 1.91. The van der Waals surface area contributed by atoms with Gasteiger partial charge in [-0.25, -0.2) is 0 Å². The second-order valence-electron chi connectivity index (χ2n) is 2.20. The molecule has 0 rings (SSSR count). The Morgan fingerprint density at radius 1 is 1.70 bits per heavy atom. The second-order valence-corrected chi connectivity index (χ2v) is 2.20. The molecule has 0 saturated carbocycles. The zero-order chi connectivity index (χ0) is 7.98. The van der Waals surface area contributed by atoms with Crippen LogP contribution < -0.4 is 5.32 Å². The summed E-state index contributed by atoms with van der Waals surface area (Å²) < 4.78 is 4.74. The summed E-state index contributed by atoms with van der Waals surface area (Å²) in [5.41, 5.74) is 0. The minimum Gasteiger partial charge on any atom is -0.466 e. The molecule has 60 valence electrons. The van der Waals surface area contributed by atoms with Gasteiger partial charge in [-0.1, -0.05) is 0 Å². The van der Waals surface area contributed by atoms with Gasteiger partial charge in [0.1, 0.15) is 0 Å². The quantitative estimate of drug-likeness (QED) is 0.587. The van der Waals surface area contributed by atoms with Crippen molar-refractivity contribution in [3.8, 4) is 0 Å². The third kappa shape index (κ3) is 4.32. The molecule has 0 aliphatic rings. The lowest BCUT2D eigenvalue weighted by molar-refractivity contribution is -0.143. The van der Waals surface area contributed by atoms with Crippen LogP contribution in [0.5, 0.6) is 0 Å². The molecule has 0 amide bonds. The highest BCUT2D eigenvalue weighted by atomic mass is 16.5. The number of nitrogens with one attached hydrogen (secondary N) is 1. The molecule has 0 aromatic heterocycles. The SMILES string of the molecule is CCOC(=O)C[C@@H](C)NC. The first-order valence-electron chi connectivity index (χ1n) is 3.53. The molecular weight excluding hydrogens is 130 g/mol. The molecule has 0 aromatic rings. The Hall–Kier alpha value is -0.570. The predicted octanol–water partition coefficient (Wildman–Crippen LogP) is 0.547. The van der Waals surface area contributed by atoms with E-state index in [0.29, 0.717) is 13.0 Å². The number of rotatable bonds is 4. The van der Waals surface area contributed by atoms with E-state index in [0.717, 1.165) is 0 Å². The fourth-order valence-corrected chi connectivity index (χ4v) is 0.572. The van der Waals surface area contributed by atoms with Gasteiger partial charge in [-0.3, -0.25) is 4.79 Å². The number of hydrogen-bond donors (Lipinski definition) is 1. The number of esters is 1. The van der Waals surface area contributed by atoms with Crippen LogP contribution in [0, 0.1) is 0 Å². The van der Waals surface area contributed by atoms with E-state index < -0.39 is 0 Å². The number of carbonyl (C=O) groups excluding carboxylic acids is 1. The zero-order valence-electron chi connectivity index (χ0n) is 6.81. The van der Waals surface area contributed by atoms with Crippen molar-refractivity contribution in [2.75, 3.05) is 13.7 Å². The van der Waals surface area contributed by atoms with Gasteiger partial charge >= 0.3 is 5.97 Å². The maximum atomic E-state index is 10.8. The predicted molar refractivity (Wildman–Crippen MR) is 39.8 cm³/mol. The van der Waals surface area contributed by atoms with Crippen molar-refractivity contribution >= 4 is 5.97 Å². The fourth-order valence-electron chi connectivity index (χ4n) is 0.572. The topological polar surface area (TPSA) is 38.3 Å². The van der Waals surface area contributed by atoms with Crippen molar-refractivity contribution in [3.63, 3.8) is 0 Å². The molecule has 1 atom stereocenters. The van der Waals surface area contributed by atoms with Crippen LogP contribution in [0.2, 0.25) is 0 Å². The Labute approximate surface area is 61.8 Å². The molecule has 1 N–H and O–H groups in total. The van der Waals surface area contributed by atoms with E-state index in [-0.39, 0.29) is 12.0 Å². The van der Waals surface area contributed by atoms with Crippen LogP contribution >= 0.6 is 0 Å². The summed E-state index contributed by atoms with van der Waals surface area (Å²) in [5.74, 6) is -0.135. The van der Waals surface area contributed by atoms with Crippen molar-refractivity contribution in [2.24, 2.45) is 0 Å². The highest BCUT2D eigenvalue weighted by Gasteiger charge is 2.05. The molecule has 0 saturated heterocycles. The van der Waals surface area contributed by atoms with Crippen molar-refractivity contribution in [3.05, 3.63) is 0 Å². The molecule has 0 heterocycles. The lowest BCUT2D eigenvalue weighted by atomic mass is 10.2. The van der Waals surface area contributed by atoms with Gasteiger partial charge in [-0.2, -0.15) is 0 Å². The smallest absolute Gasteiger partial charge is 0.307 e. The van der Waals surface area contributed by atoms with Gasteiger partial charge in [0, 0.05) is 6.04 Å². The van der Waals surface area contributed by atoms with E-state index in [1.807, 2.05) is 20.9 Å². The molecule has 3 heteroatoms. The molecule has 0 unspecified atom stereocenters. The van der Waals surface area contributed by atoms with Gasteiger partial charge in [-0.15, -0.1) is 0 Å². The van der Waals surface area contributed by atoms with Gasteiger partial charge in [0.05, 0.1) is 13.0 Å². The van der Waals surface area contributed by atoms with Crippen LogP contribution in [-0.4, -0.2) is 25.7 Å². The fraction of sp³-hybridized carbons (Fsp3) is 0.857. The molecule has 0 aromatic carbocycles. The largest absolute Gasteiger partial charge is 0.466 e. The lowest BCUT2D eigenvalue weighted by Gasteiger charge is -2.07. The number of carbonyl (C=O) groups is 1. The number of ether oxygens (including phenoxy) is 1. The Morgan fingerprint density at radius 2 is 2.30 bits per heavy atom. The Bertz CT molecular complexity index is 104. The summed E-state index contributed by atoms with van der Waals surface area (Å²) in [7, 11) is 1.82. The lowest BCUT2D eigenvalue weighted by Crippen LogP contribution is -2.25. The van der Waals surface area contributed by atoms with Crippen LogP contribution in [-0.2, 0) is 9.53 Å². The third-order valence-electron chi connectivity index (χ3n) is 1.27. The molecule has 3 nitrogen and oxygen atoms in total. The first-order chi connectivity index (χ1) is 4.70. The zero-order valence-corrected chi connectivity index (χ0v) is 6.81. The molecular formula is C7H15NO2. The molecule has 0 aliphatic carbocycles. The van der Waals surface area contributed by atoms with E-state index >= 15 is 0 Å². The molecule has 0 aliphatic heterocycles. The van der Waals surface area contributed by atoms with E-state index in [9.17, 15) is 4.79 Å². The second kappa shape index (κ2) is 5.23. The van der Waals surface area contributed by atoms with Gasteiger partial charge in [0.2, 0.25) is 0 Å². The van der Waals surface area contributed by atoms with E-state index in [2.05, 4.69) is 5.32 Å².